The van der Waals surface area contributed by atoms with E-state index in [0.717, 1.165) is 21.6 Å². The normalized spacial score (nSPS) is 14.9. The number of nitrogens with zero attached hydrogens (tertiary/aromatic N) is 2. The summed E-state index contributed by atoms with van der Waals surface area (Å²) in [5.74, 6) is 0.496. The van der Waals surface area contributed by atoms with E-state index in [0.29, 0.717) is 22.4 Å². The number of nitrogens with two attached hydrogens (primary N) is 1. The van der Waals surface area contributed by atoms with Gasteiger partial charge in [-0.25, -0.2) is 4.68 Å². The van der Waals surface area contributed by atoms with Crippen LogP contribution in [-0.4, -0.2) is 28.3 Å². The largest absolute Gasteiger partial charge is 0.350 e. The Morgan fingerprint density at radius 1 is 1.46 bits per heavy atom. The molecule has 1 amide bonds. The highest BCUT2D eigenvalue weighted by Crippen LogP contribution is 2.32. The number of rotatable bonds is 5. The van der Waals surface area contributed by atoms with Crippen molar-refractivity contribution in [2.24, 2.45) is 11.7 Å². The van der Waals surface area contributed by atoms with Crippen LogP contribution in [-0.2, 0) is 0 Å². The molecule has 0 aliphatic heterocycles. The van der Waals surface area contributed by atoms with Crippen molar-refractivity contribution in [2.45, 2.75) is 25.8 Å². The molecule has 1 atom stereocenters. The van der Waals surface area contributed by atoms with Crippen molar-refractivity contribution in [1.82, 2.24) is 15.1 Å². The van der Waals surface area contributed by atoms with Crippen LogP contribution in [0.1, 0.15) is 28.2 Å². The van der Waals surface area contributed by atoms with E-state index in [9.17, 15) is 4.79 Å². The number of carbonyl (C=O) groups excluding carboxylic acids is 1. The Bertz CT molecular complexity index is 948. The van der Waals surface area contributed by atoms with E-state index in [1.54, 1.807) is 0 Å². The minimum atomic E-state index is -0.0747. The molecular formula is C18H20Cl2N4OS. The molecule has 1 aliphatic rings. The van der Waals surface area contributed by atoms with Crippen LogP contribution in [0.25, 0.3) is 15.9 Å². The first kappa shape index (κ1) is 19.2. The third-order valence-electron chi connectivity index (χ3n) is 4.55. The van der Waals surface area contributed by atoms with E-state index in [2.05, 4.69) is 10.4 Å². The van der Waals surface area contributed by atoms with E-state index in [4.69, 9.17) is 17.3 Å². The fourth-order valence-corrected chi connectivity index (χ4v) is 4.21. The maximum Gasteiger partial charge on any atom is 0.261 e. The number of thiophene rings is 1. The SMILES string of the molecule is Cc1nn(-c2cccc(Cl)c2)c2sc(C(=O)NCC(N)C3CC3)cc12.Cl. The van der Waals surface area contributed by atoms with Crippen LogP contribution >= 0.6 is 35.3 Å². The van der Waals surface area contributed by atoms with Gasteiger partial charge in [0.15, 0.2) is 0 Å². The summed E-state index contributed by atoms with van der Waals surface area (Å²) in [6, 6.07) is 9.49. The Morgan fingerprint density at radius 3 is 2.92 bits per heavy atom. The number of halogens is 2. The smallest absolute Gasteiger partial charge is 0.261 e. The molecular weight excluding hydrogens is 391 g/mol. The molecule has 138 valence electrons. The predicted molar refractivity (Wildman–Crippen MR) is 109 cm³/mol. The zero-order chi connectivity index (χ0) is 17.6. The highest BCUT2D eigenvalue weighted by molar-refractivity contribution is 7.20. The molecule has 1 aromatic carbocycles. The molecule has 2 aromatic heterocycles. The molecule has 3 N–H and O–H groups in total. The number of hydrogen-bond donors (Lipinski definition) is 2. The zero-order valence-corrected chi connectivity index (χ0v) is 16.6. The van der Waals surface area contributed by atoms with Crippen LogP contribution in [0, 0.1) is 12.8 Å². The number of aryl methyl sites for hydroxylation is 1. The second kappa shape index (κ2) is 7.56. The fourth-order valence-electron chi connectivity index (χ4n) is 2.93. The van der Waals surface area contributed by atoms with Gasteiger partial charge in [-0.05, 0) is 49.9 Å². The number of amides is 1. The minimum Gasteiger partial charge on any atom is -0.350 e. The van der Waals surface area contributed by atoms with Crippen molar-refractivity contribution in [2.75, 3.05) is 6.54 Å². The highest BCUT2D eigenvalue weighted by atomic mass is 35.5. The maximum absolute atomic E-state index is 12.5. The van der Waals surface area contributed by atoms with Gasteiger partial charge in [0.05, 0.1) is 16.3 Å². The monoisotopic (exact) mass is 410 g/mol. The Kier molecular flexibility index (Phi) is 5.58. The van der Waals surface area contributed by atoms with Gasteiger partial charge in [-0.2, -0.15) is 5.10 Å². The first-order valence-corrected chi connectivity index (χ1v) is 9.51. The molecule has 0 saturated heterocycles. The van der Waals surface area contributed by atoms with Crippen LogP contribution in [0.15, 0.2) is 30.3 Å². The predicted octanol–water partition coefficient (Wildman–Crippen LogP) is 3.94. The fraction of sp³-hybridized carbons (Fsp3) is 0.333. The molecule has 2 heterocycles. The maximum atomic E-state index is 12.5. The first-order valence-electron chi connectivity index (χ1n) is 8.32. The summed E-state index contributed by atoms with van der Waals surface area (Å²) in [5.41, 5.74) is 7.83. The van der Waals surface area contributed by atoms with Gasteiger partial charge >= 0.3 is 0 Å². The van der Waals surface area contributed by atoms with Crippen LogP contribution < -0.4 is 11.1 Å². The van der Waals surface area contributed by atoms with Gasteiger partial charge in [0.2, 0.25) is 0 Å². The van der Waals surface area contributed by atoms with Gasteiger partial charge in [0, 0.05) is 23.0 Å². The van der Waals surface area contributed by atoms with E-state index in [1.807, 2.05) is 41.9 Å². The van der Waals surface area contributed by atoms with Gasteiger partial charge in [0.1, 0.15) is 4.83 Å². The lowest BCUT2D eigenvalue weighted by atomic mass is 10.2. The van der Waals surface area contributed by atoms with Gasteiger partial charge in [-0.3, -0.25) is 4.79 Å². The van der Waals surface area contributed by atoms with Crippen LogP contribution in [0.5, 0.6) is 0 Å². The Labute approximate surface area is 166 Å². The van der Waals surface area contributed by atoms with E-state index < -0.39 is 0 Å². The van der Waals surface area contributed by atoms with Crippen molar-refractivity contribution in [3.63, 3.8) is 0 Å². The van der Waals surface area contributed by atoms with E-state index >= 15 is 0 Å². The van der Waals surface area contributed by atoms with Gasteiger partial charge in [-0.15, -0.1) is 23.7 Å². The van der Waals surface area contributed by atoms with Crippen LogP contribution in [0.3, 0.4) is 0 Å². The number of nitrogens with one attached hydrogen (secondary N) is 1. The molecule has 3 aromatic rings. The van der Waals surface area contributed by atoms with Crippen molar-refractivity contribution >= 4 is 51.5 Å². The summed E-state index contributed by atoms with van der Waals surface area (Å²) in [6.07, 6.45) is 2.35. The molecule has 8 heteroatoms. The summed E-state index contributed by atoms with van der Waals surface area (Å²) in [6.45, 7) is 2.47. The summed E-state index contributed by atoms with van der Waals surface area (Å²) >= 11 is 7.53. The summed E-state index contributed by atoms with van der Waals surface area (Å²) in [4.78, 5) is 14.1. The summed E-state index contributed by atoms with van der Waals surface area (Å²) in [5, 5.41) is 9.18. The van der Waals surface area contributed by atoms with Crippen molar-refractivity contribution in [3.8, 4) is 5.69 Å². The van der Waals surface area contributed by atoms with Crippen LogP contribution in [0.4, 0.5) is 0 Å². The molecule has 0 radical (unpaired) electrons. The standard InChI is InChI=1S/C18H19ClN4OS.ClH/c1-10-14-8-16(17(24)21-9-15(20)11-5-6-11)25-18(14)23(22-10)13-4-2-3-12(19)7-13;/h2-4,7-8,11,15H,5-6,9,20H2,1H3,(H,21,24);1H. The zero-order valence-electron chi connectivity index (χ0n) is 14.2. The number of carbonyl (C=O) groups is 1. The molecule has 26 heavy (non-hydrogen) atoms. The van der Waals surface area contributed by atoms with Crippen molar-refractivity contribution in [3.05, 3.63) is 45.9 Å². The Morgan fingerprint density at radius 2 is 2.23 bits per heavy atom. The molecule has 1 saturated carbocycles. The second-order valence-electron chi connectivity index (χ2n) is 6.52. The van der Waals surface area contributed by atoms with E-state index in [1.165, 1.54) is 24.2 Å². The third-order valence-corrected chi connectivity index (χ3v) is 5.89. The van der Waals surface area contributed by atoms with Crippen molar-refractivity contribution in [1.29, 1.82) is 0 Å². The quantitative estimate of drug-likeness (QED) is 0.668. The van der Waals surface area contributed by atoms with Gasteiger partial charge in [-0.1, -0.05) is 17.7 Å². The lowest BCUT2D eigenvalue weighted by Crippen LogP contribution is -2.38. The van der Waals surface area contributed by atoms with Gasteiger partial charge < -0.3 is 11.1 Å². The first-order chi connectivity index (χ1) is 12.0. The van der Waals surface area contributed by atoms with Crippen molar-refractivity contribution < 1.29 is 4.79 Å². The second-order valence-corrected chi connectivity index (χ2v) is 7.98. The Balaban J connectivity index is 0.00000196. The number of hydrogen-bond acceptors (Lipinski definition) is 4. The molecule has 1 fully saturated rings. The summed E-state index contributed by atoms with van der Waals surface area (Å²) in [7, 11) is 0. The average molecular weight is 411 g/mol. The lowest BCUT2D eigenvalue weighted by Gasteiger charge is -2.10. The number of fused-ring (bicyclic) bond motifs is 1. The molecule has 4 rings (SSSR count). The number of aromatic nitrogens is 2. The Hall–Kier alpha value is -1.60. The van der Waals surface area contributed by atoms with Gasteiger partial charge in [0.25, 0.3) is 5.91 Å². The minimum absolute atomic E-state index is 0. The summed E-state index contributed by atoms with van der Waals surface area (Å²) < 4.78 is 1.84. The van der Waals surface area contributed by atoms with Crippen LogP contribution in [0.2, 0.25) is 5.02 Å². The molecule has 0 bridgehead atoms. The average Bonchev–Trinajstić information content (AvgIpc) is 3.28. The molecule has 0 spiro atoms. The third kappa shape index (κ3) is 3.74. The molecule has 1 aliphatic carbocycles. The van der Waals surface area contributed by atoms with E-state index in [-0.39, 0.29) is 24.4 Å². The lowest BCUT2D eigenvalue weighted by molar-refractivity contribution is 0.0954. The molecule has 1 unspecified atom stereocenters. The number of benzene rings is 1. The molecule has 5 nitrogen and oxygen atoms in total. The highest BCUT2D eigenvalue weighted by Gasteiger charge is 2.28. The topological polar surface area (TPSA) is 72.9 Å².